The first-order valence-electron chi connectivity index (χ1n) is 7.09. The molecule has 0 spiro atoms. The Balaban J connectivity index is 1.68. The van der Waals surface area contributed by atoms with Gasteiger partial charge in [0.05, 0.1) is 0 Å². The van der Waals surface area contributed by atoms with E-state index in [0.29, 0.717) is 11.4 Å². The third kappa shape index (κ3) is 3.43. The lowest BCUT2D eigenvalue weighted by molar-refractivity contribution is -0.116. The summed E-state index contributed by atoms with van der Waals surface area (Å²) >= 11 is 5.92. The second-order valence-corrected chi connectivity index (χ2v) is 5.65. The minimum atomic E-state index is -0.00790. The van der Waals surface area contributed by atoms with Gasteiger partial charge in [0.25, 0.3) is 0 Å². The molecule has 0 bridgehead atoms. The monoisotopic (exact) mass is 300 g/mol. The molecule has 1 aliphatic heterocycles. The first-order chi connectivity index (χ1) is 10.2. The van der Waals surface area contributed by atoms with Crippen molar-refractivity contribution >= 4 is 23.2 Å². The largest absolute Gasteiger partial charge is 0.326 e. The molecule has 0 aromatic heterocycles. The highest BCUT2D eigenvalue weighted by Crippen LogP contribution is 2.25. The number of fused-ring (bicyclic) bond motifs is 1. The summed E-state index contributed by atoms with van der Waals surface area (Å²) in [4.78, 5) is 12.2. The van der Waals surface area contributed by atoms with Gasteiger partial charge in [-0.2, -0.15) is 0 Å². The van der Waals surface area contributed by atoms with E-state index >= 15 is 0 Å². The number of nitrogens with one attached hydrogen (secondary N) is 2. The third-order valence-corrected chi connectivity index (χ3v) is 3.95. The van der Waals surface area contributed by atoms with Crippen molar-refractivity contribution in [2.24, 2.45) is 0 Å². The van der Waals surface area contributed by atoms with Crippen LogP contribution in [0.2, 0.25) is 5.02 Å². The predicted molar refractivity (Wildman–Crippen MR) is 85.6 cm³/mol. The highest BCUT2D eigenvalue weighted by atomic mass is 35.5. The zero-order valence-electron chi connectivity index (χ0n) is 11.6. The number of amides is 1. The minimum absolute atomic E-state index is 0.00790. The van der Waals surface area contributed by atoms with Crippen molar-refractivity contribution in [2.45, 2.75) is 18.9 Å². The molecule has 3 nitrogen and oxygen atoms in total. The summed E-state index contributed by atoms with van der Waals surface area (Å²) in [5, 5.41) is 6.93. The highest BCUT2D eigenvalue weighted by Gasteiger charge is 2.21. The number of hydrogen-bond acceptors (Lipinski definition) is 2. The highest BCUT2D eigenvalue weighted by molar-refractivity contribution is 6.30. The number of benzene rings is 2. The van der Waals surface area contributed by atoms with Crippen LogP contribution in [0, 0.1) is 0 Å². The fourth-order valence-corrected chi connectivity index (χ4v) is 2.93. The molecule has 0 fully saturated rings. The maximum absolute atomic E-state index is 12.2. The Kier molecular flexibility index (Phi) is 4.23. The first kappa shape index (κ1) is 14.1. The number of anilines is 1. The standard InChI is InChI=1S/C17H17ClN2O/c18-13-5-3-6-14(10-13)20-17(21)11-16-15-7-2-1-4-12(15)8-9-19-16/h1-7,10,16,19H,8-9,11H2,(H,20,21)/t16-/m1/s1. The van der Waals surface area contributed by atoms with Gasteiger partial charge in [-0.25, -0.2) is 0 Å². The van der Waals surface area contributed by atoms with Crippen LogP contribution in [0.3, 0.4) is 0 Å². The summed E-state index contributed by atoms with van der Waals surface area (Å²) in [5.74, 6) is -0.00790. The lowest BCUT2D eigenvalue weighted by Crippen LogP contribution is -2.32. The quantitative estimate of drug-likeness (QED) is 0.910. The Bertz CT molecular complexity index is 657. The van der Waals surface area contributed by atoms with E-state index in [1.54, 1.807) is 12.1 Å². The lowest BCUT2D eigenvalue weighted by Gasteiger charge is -2.26. The van der Waals surface area contributed by atoms with Gasteiger partial charge >= 0.3 is 0 Å². The van der Waals surface area contributed by atoms with Gasteiger partial charge in [-0.05, 0) is 42.3 Å². The Morgan fingerprint density at radius 3 is 2.95 bits per heavy atom. The van der Waals surface area contributed by atoms with E-state index in [-0.39, 0.29) is 11.9 Å². The topological polar surface area (TPSA) is 41.1 Å². The molecular formula is C17H17ClN2O. The van der Waals surface area contributed by atoms with Gasteiger partial charge < -0.3 is 10.6 Å². The van der Waals surface area contributed by atoms with Crippen LogP contribution < -0.4 is 10.6 Å². The maximum atomic E-state index is 12.2. The summed E-state index contributed by atoms with van der Waals surface area (Å²) in [6.07, 6.45) is 1.44. The van der Waals surface area contributed by atoms with Crippen molar-refractivity contribution in [1.29, 1.82) is 0 Å². The number of carbonyl (C=O) groups excluding carboxylic acids is 1. The van der Waals surface area contributed by atoms with Crippen molar-refractivity contribution in [3.63, 3.8) is 0 Å². The van der Waals surface area contributed by atoms with Crippen molar-refractivity contribution < 1.29 is 4.79 Å². The smallest absolute Gasteiger partial charge is 0.226 e. The lowest BCUT2D eigenvalue weighted by atomic mass is 9.92. The summed E-state index contributed by atoms with van der Waals surface area (Å²) in [6.45, 7) is 0.909. The third-order valence-electron chi connectivity index (χ3n) is 3.71. The van der Waals surface area contributed by atoms with E-state index in [2.05, 4.69) is 22.8 Å². The first-order valence-corrected chi connectivity index (χ1v) is 7.47. The van der Waals surface area contributed by atoms with Gasteiger partial charge in [0, 0.05) is 23.2 Å². The van der Waals surface area contributed by atoms with Crippen molar-refractivity contribution in [3.8, 4) is 0 Å². The fraction of sp³-hybridized carbons (Fsp3) is 0.235. The molecule has 4 heteroatoms. The molecule has 0 radical (unpaired) electrons. The van der Waals surface area contributed by atoms with E-state index in [0.717, 1.165) is 18.7 Å². The minimum Gasteiger partial charge on any atom is -0.326 e. The normalized spacial score (nSPS) is 17.1. The molecule has 108 valence electrons. The Morgan fingerprint density at radius 1 is 1.24 bits per heavy atom. The SMILES string of the molecule is O=C(C[C@H]1NCCc2ccccc21)Nc1cccc(Cl)c1. The van der Waals surface area contributed by atoms with Crippen LogP contribution in [0.15, 0.2) is 48.5 Å². The van der Waals surface area contributed by atoms with E-state index in [1.807, 2.05) is 24.3 Å². The van der Waals surface area contributed by atoms with Crippen LogP contribution in [-0.4, -0.2) is 12.5 Å². The second kappa shape index (κ2) is 6.29. The molecule has 21 heavy (non-hydrogen) atoms. The van der Waals surface area contributed by atoms with Gasteiger partial charge in [0.15, 0.2) is 0 Å². The molecule has 2 aromatic rings. The van der Waals surface area contributed by atoms with Gasteiger partial charge in [-0.15, -0.1) is 0 Å². The average molecular weight is 301 g/mol. The van der Waals surface area contributed by atoms with Crippen molar-refractivity contribution in [1.82, 2.24) is 5.32 Å². The zero-order chi connectivity index (χ0) is 14.7. The van der Waals surface area contributed by atoms with E-state index in [9.17, 15) is 4.79 Å². The Labute approximate surface area is 129 Å². The molecule has 1 aliphatic rings. The number of carbonyl (C=O) groups is 1. The number of rotatable bonds is 3. The molecule has 1 heterocycles. The van der Waals surface area contributed by atoms with E-state index in [1.165, 1.54) is 11.1 Å². The molecule has 2 aromatic carbocycles. The Morgan fingerprint density at radius 2 is 2.10 bits per heavy atom. The number of hydrogen-bond donors (Lipinski definition) is 2. The van der Waals surface area contributed by atoms with Gasteiger partial charge in [0.1, 0.15) is 0 Å². The fourth-order valence-electron chi connectivity index (χ4n) is 2.74. The van der Waals surface area contributed by atoms with Gasteiger partial charge in [0.2, 0.25) is 5.91 Å². The summed E-state index contributed by atoms with van der Waals surface area (Å²) in [7, 11) is 0. The summed E-state index contributed by atoms with van der Waals surface area (Å²) in [6, 6.07) is 15.6. The van der Waals surface area contributed by atoms with E-state index < -0.39 is 0 Å². The summed E-state index contributed by atoms with van der Waals surface area (Å²) < 4.78 is 0. The van der Waals surface area contributed by atoms with E-state index in [4.69, 9.17) is 11.6 Å². The van der Waals surface area contributed by atoms with Crippen LogP contribution >= 0.6 is 11.6 Å². The van der Waals surface area contributed by atoms with Crippen molar-refractivity contribution in [3.05, 3.63) is 64.7 Å². The van der Waals surface area contributed by atoms with Crippen LogP contribution in [0.5, 0.6) is 0 Å². The van der Waals surface area contributed by atoms with Crippen LogP contribution in [0.25, 0.3) is 0 Å². The van der Waals surface area contributed by atoms with Gasteiger partial charge in [-0.3, -0.25) is 4.79 Å². The van der Waals surface area contributed by atoms with Crippen molar-refractivity contribution in [2.75, 3.05) is 11.9 Å². The molecule has 0 unspecified atom stereocenters. The molecule has 0 saturated heterocycles. The molecule has 1 amide bonds. The predicted octanol–water partition coefficient (Wildman–Crippen LogP) is 3.56. The number of halogens is 1. The van der Waals surface area contributed by atoms with Gasteiger partial charge in [-0.1, -0.05) is 41.9 Å². The van der Waals surface area contributed by atoms with Crippen LogP contribution in [0.1, 0.15) is 23.6 Å². The molecule has 0 saturated carbocycles. The Hall–Kier alpha value is -1.84. The van der Waals surface area contributed by atoms with Crippen LogP contribution in [0.4, 0.5) is 5.69 Å². The molecule has 3 rings (SSSR count). The zero-order valence-corrected chi connectivity index (χ0v) is 12.4. The molecule has 1 atom stereocenters. The average Bonchev–Trinajstić information content (AvgIpc) is 2.47. The maximum Gasteiger partial charge on any atom is 0.226 e. The molecule has 2 N–H and O–H groups in total. The van der Waals surface area contributed by atoms with Crippen LogP contribution in [-0.2, 0) is 11.2 Å². The molecule has 0 aliphatic carbocycles. The second-order valence-electron chi connectivity index (χ2n) is 5.22. The molecular weight excluding hydrogens is 284 g/mol. The summed E-state index contributed by atoms with van der Waals surface area (Å²) in [5.41, 5.74) is 3.29.